The van der Waals surface area contributed by atoms with Crippen molar-refractivity contribution in [1.82, 2.24) is 10.3 Å². The van der Waals surface area contributed by atoms with Crippen LogP contribution < -0.4 is 10.6 Å². The Bertz CT molecular complexity index is 363. The molecule has 6 nitrogen and oxygen atoms in total. The first-order valence-corrected chi connectivity index (χ1v) is 5.62. The van der Waals surface area contributed by atoms with Crippen molar-refractivity contribution in [2.45, 2.75) is 33.2 Å². The van der Waals surface area contributed by atoms with E-state index >= 15 is 0 Å². The molecule has 96 valence electrons. The van der Waals surface area contributed by atoms with Crippen molar-refractivity contribution in [2.24, 2.45) is 5.92 Å². The number of urea groups is 1. The van der Waals surface area contributed by atoms with Gasteiger partial charge < -0.3 is 14.8 Å². The fourth-order valence-electron chi connectivity index (χ4n) is 1.48. The minimum Gasteiger partial charge on any atom is -0.429 e. The van der Waals surface area contributed by atoms with Gasteiger partial charge in [-0.2, -0.15) is 0 Å². The Labute approximate surface area is 100 Å². The number of rotatable bonds is 5. The standard InChI is InChI=1S/C11H19N3O3/c1-7(2)4-9(6-15)13-10(16)14-11-12-5-8(3)17-11/h5,7,9,15H,4,6H2,1-3H3,(H2,12,13,14,16)/t9-/m0/s1. The predicted molar refractivity (Wildman–Crippen MR) is 63.7 cm³/mol. The van der Waals surface area contributed by atoms with Crippen LogP contribution in [-0.2, 0) is 0 Å². The zero-order valence-electron chi connectivity index (χ0n) is 10.4. The molecule has 0 fully saturated rings. The number of hydrogen-bond donors (Lipinski definition) is 3. The van der Waals surface area contributed by atoms with Crippen molar-refractivity contribution < 1.29 is 14.3 Å². The number of aliphatic hydroxyl groups excluding tert-OH is 1. The Morgan fingerprint density at radius 2 is 2.29 bits per heavy atom. The molecule has 0 bridgehead atoms. The normalized spacial score (nSPS) is 12.5. The van der Waals surface area contributed by atoms with Gasteiger partial charge in [-0.25, -0.2) is 9.78 Å². The fraction of sp³-hybridized carbons (Fsp3) is 0.636. The van der Waals surface area contributed by atoms with Gasteiger partial charge in [-0.15, -0.1) is 0 Å². The Hall–Kier alpha value is -1.56. The molecule has 0 aliphatic carbocycles. The summed E-state index contributed by atoms with van der Waals surface area (Å²) in [6, 6.07) is -0.529. The summed E-state index contributed by atoms with van der Waals surface area (Å²) >= 11 is 0. The van der Waals surface area contributed by atoms with Crippen molar-refractivity contribution in [3.63, 3.8) is 0 Å². The van der Waals surface area contributed by atoms with E-state index in [0.717, 1.165) is 0 Å². The second kappa shape index (κ2) is 6.24. The minimum atomic E-state index is -0.424. The number of nitrogens with one attached hydrogen (secondary N) is 2. The number of aromatic nitrogens is 1. The predicted octanol–water partition coefficient (Wildman–Crippen LogP) is 1.51. The van der Waals surface area contributed by atoms with Gasteiger partial charge in [-0.05, 0) is 19.3 Å². The third-order valence-corrected chi connectivity index (χ3v) is 2.15. The van der Waals surface area contributed by atoms with Crippen molar-refractivity contribution in [3.05, 3.63) is 12.0 Å². The van der Waals surface area contributed by atoms with Gasteiger partial charge in [0, 0.05) is 0 Å². The summed E-state index contributed by atoms with van der Waals surface area (Å²) in [5, 5.41) is 14.2. The van der Waals surface area contributed by atoms with E-state index in [1.165, 1.54) is 6.20 Å². The molecule has 1 atom stereocenters. The SMILES string of the molecule is Cc1cnc(NC(=O)N[C@H](CO)CC(C)C)o1. The second-order valence-electron chi connectivity index (χ2n) is 4.38. The molecule has 6 heteroatoms. The number of oxazole rings is 1. The van der Waals surface area contributed by atoms with Crippen molar-refractivity contribution in [2.75, 3.05) is 11.9 Å². The number of amides is 2. The van der Waals surface area contributed by atoms with E-state index in [1.807, 2.05) is 13.8 Å². The monoisotopic (exact) mass is 241 g/mol. The van der Waals surface area contributed by atoms with E-state index < -0.39 is 6.03 Å². The van der Waals surface area contributed by atoms with E-state index in [1.54, 1.807) is 6.92 Å². The maximum absolute atomic E-state index is 11.5. The van der Waals surface area contributed by atoms with Crippen LogP contribution in [-0.4, -0.2) is 28.8 Å². The zero-order valence-corrected chi connectivity index (χ0v) is 10.4. The van der Waals surface area contributed by atoms with Gasteiger partial charge in [0.25, 0.3) is 0 Å². The molecule has 0 spiro atoms. The Morgan fingerprint density at radius 3 is 2.76 bits per heavy atom. The van der Waals surface area contributed by atoms with E-state index in [0.29, 0.717) is 18.1 Å². The molecule has 0 saturated heterocycles. The quantitative estimate of drug-likeness (QED) is 0.729. The molecule has 0 radical (unpaired) electrons. The number of hydrogen-bond acceptors (Lipinski definition) is 4. The van der Waals surface area contributed by atoms with Crippen LogP contribution in [0.4, 0.5) is 10.8 Å². The van der Waals surface area contributed by atoms with Gasteiger partial charge in [-0.1, -0.05) is 13.8 Å². The van der Waals surface area contributed by atoms with Gasteiger partial charge in [0.05, 0.1) is 18.8 Å². The minimum absolute atomic E-state index is 0.0871. The first-order valence-electron chi connectivity index (χ1n) is 5.62. The molecule has 3 N–H and O–H groups in total. The molecule has 0 aromatic carbocycles. The van der Waals surface area contributed by atoms with Crippen LogP contribution >= 0.6 is 0 Å². The van der Waals surface area contributed by atoms with Crippen LogP contribution in [0.15, 0.2) is 10.6 Å². The van der Waals surface area contributed by atoms with Crippen molar-refractivity contribution in [3.8, 4) is 0 Å². The van der Waals surface area contributed by atoms with Gasteiger partial charge in [0.15, 0.2) is 0 Å². The fourth-order valence-corrected chi connectivity index (χ4v) is 1.48. The molecular weight excluding hydrogens is 222 g/mol. The van der Waals surface area contributed by atoms with Gasteiger partial charge in [0.2, 0.25) is 0 Å². The van der Waals surface area contributed by atoms with E-state index in [4.69, 9.17) is 9.52 Å². The summed E-state index contributed by atoms with van der Waals surface area (Å²) in [5.74, 6) is 1.03. The number of aliphatic hydroxyl groups is 1. The van der Waals surface area contributed by atoms with Crippen molar-refractivity contribution in [1.29, 1.82) is 0 Å². The maximum atomic E-state index is 11.5. The number of aryl methyl sites for hydroxylation is 1. The van der Waals surface area contributed by atoms with Gasteiger partial charge in [0.1, 0.15) is 5.76 Å². The molecule has 0 aliphatic rings. The van der Waals surface area contributed by atoms with Crippen LogP contribution in [0.5, 0.6) is 0 Å². The molecule has 1 heterocycles. The smallest absolute Gasteiger partial charge is 0.323 e. The third kappa shape index (κ3) is 4.86. The van der Waals surface area contributed by atoms with Crippen LogP contribution in [0.1, 0.15) is 26.0 Å². The number of carbonyl (C=O) groups excluding carboxylic acids is 1. The highest BCUT2D eigenvalue weighted by Gasteiger charge is 2.14. The lowest BCUT2D eigenvalue weighted by molar-refractivity contribution is 0.213. The first-order chi connectivity index (χ1) is 8.01. The Kier molecular flexibility index (Phi) is 4.96. The molecule has 0 unspecified atom stereocenters. The molecular formula is C11H19N3O3. The second-order valence-corrected chi connectivity index (χ2v) is 4.38. The summed E-state index contributed by atoms with van der Waals surface area (Å²) in [7, 11) is 0. The van der Waals surface area contributed by atoms with Gasteiger partial charge >= 0.3 is 12.0 Å². The Morgan fingerprint density at radius 1 is 1.59 bits per heavy atom. The highest BCUT2D eigenvalue weighted by atomic mass is 16.4. The topological polar surface area (TPSA) is 87.4 Å². The van der Waals surface area contributed by atoms with E-state index in [9.17, 15) is 4.79 Å². The maximum Gasteiger partial charge on any atom is 0.323 e. The molecule has 0 saturated carbocycles. The average molecular weight is 241 g/mol. The Balaban J connectivity index is 2.42. The van der Waals surface area contributed by atoms with Crippen LogP contribution in [0, 0.1) is 12.8 Å². The van der Waals surface area contributed by atoms with E-state index in [2.05, 4.69) is 15.6 Å². The first kappa shape index (κ1) is 13.5. The average Bonchev–Trinajstić information content (AvgIpc) is 2.62. The zero-order chi connectivity index (χ0) is 12.8. The summed E-state index contributed by atoms with van der Waals surface area (Å²) in [5.41, 5.74) is 0. The molecule has 1 aromatic heterocycles. The molecule has 17 heavy (non-hydrogen) atoms. The van der Waals surface area contributed by atoms with Crippen LogP contribution in [0.2, 0.25) is 0 Å². The van der Waals surface area contributed by atoms with Crippen LogP contribution in [0.3, 0.4) is 0 Å². The highest BCUT2D eigenvalue weighted by Crippen LogP contribution is 2.07. The third-order valence-electron chi connectivity index (χ3n) is 2.15. The van der Waals surface area contributed by atoms with Crippen LogP contribution in [0.25, 0.3) is 0 Å². The summed E-state index contributed by atoms with van der Waals surface area (Å²) in [4.78, 5) is 15.4. The summed E-state index contributed by atoms with van der Waals surface area (Å²) in [6.45, 7) is 5.71. The lowest BCUT2D eigenvalue weighted by Gasteiger charge is -2.17. The lowest BCUT2D eigenvalue weighted by atomic mass is 10.0. The number of carbonyl (C=O) groups is 1. The number of nitrogens with zero attached hydrogens (tertiary/aromatic N) is 1. The highest BCUT2D eigenvalue weighted by molar-refractivity contribution is 5.87. The molecule has 0 aliphatic heterocycles. The molecule has 1 aromatic rings. The van der Waals surface area contributed by atoms with E-state index in [-0.39, 0.29) is 18.7 Å². The summed E-state index contributed by atoms with van der Waals surface area (Å²) in [6.07, 6.45) is 2.24. The van der Waals surface area contributed by atoms with Gasteiger partial charge in [-0.3, -0.25) is 5.32 Å². The molecule has 2 amide bonds. The number of anilines is 1. The molecule has 1 rings (SSSR count). The lowest BCUT2D eigenvalue weighted by Crippen LogP contribution is -2.41. The summed E-state index contributed by atoms with van der Waals surface area (Å²) < 4.78 is 5.10. The van der Waals surface area contributed by atoms with Crippen molar-refractivity contribution >= 4 is 12.0 Å². The largest absolute Gasteiger partial charge is 0.429 e.